The molecule has 0 radical (unpaired) electrons. The van der Waals surface area contributed by atoms with Crippen molar-refractivity contribution in [2.75, 3.05) is 5.32 Å². The quantitative estimate of drug-likeness (QED) is 0.524. The Balaban J connectivity index is 1.63. The molecule has 3 aromatic rings. The Bertz CT molecular complexity index is 1030. The average molecular weight is 402 g/mol. The molecule has 3 aromatic carbocycles. The molecule has 3 aliphatic carbocycles. The van der Waals surface area contributed by atoms with E-state index in [9.17, 15) is 4.79 Å². The van der Waals surface area contributed by atoms with E-state index in [-0.39, 0.29) is 29.6 Å². The number of halogens is 1. The van der Waals surface area contributed by atoms with Crippen LogP contribution in [0.1, 0.15) is 53.9 Å². The number of nitrogens with one attached hydrogen (secondary N) is 1. The summed E-state index contributed by atoms with van der Waals surface area (Å²) >= 11 is 6.33. The van der Waals surface area contributed by atoms with E-state index in [0.717, 1.165) is 12.8 Å². The highest BCUT2D eigenvalue weighted by atomic mass is 35.5. The first-order valence-electron chi connectivity index (χ1n) is 10.4. The summed E-state index contributed by atoms with van der Waals surface area (Å²) in [5.41, 5.74) is 6.11. The molecule has 29 heavy (non-hydrogen) atoms. The standard InChI is InChI=1S/C26H24ClNO/c1-2-9-20-23-16-10-3-5-12-18(16)24(19-13-6-4-11-17(19)23)25(20)26(29)28-22-15-8-7-14-21(22)27/h3-8,10-15,20,23-25H,2,9H2,1H3,(H,28,29)/t20-,23?,24?,25+/m0/s1. The second kappa shape index (κ2) is 7.35. The van der Waals surface area contributed by atoms with Gasteiger partial charge in [0, 0.05) is 11.8 Å². The third kappa shape index (κ3) is 2.89. The van der Waals surface area contributed by atoms with Crippen molar-refractivity contribution in [2.45, 2.75) is 31.6 Å². The van der Waals surface area contributed by atoms with Crippen molar-refractivity contribution < 1.29 is 4.79 Å². The Kier molecular flexibility index (Phi) is 4.67. The van der Waals surface area contributed by atoms with Gasteiger partial charge >= 0.3 is 0 Å². The summed E-state index contributed by atoms with van der Waals surface area (Å²) in [5, 5.41) is 3.72. The van der Waals surface area contributed by atoms with E-state index in [1.165, 1.54) is 22.3 Å². The van der Waals surface area contributed by atoms with Crippen LogP contribution in [0.2, 0.25) is 5.02 Å². The van der Waals surface area contributed by atoms with E-state index in [2.05, 4.69) is 60.8 Å². The zero-order valence-electron chi connectivity index (χ0n) is 16.4. The third-order valence-corrected chi connectivity index (χ3v) is 6.97. The molecule has 146 valence electrons. The molecule has 2 nitrogen and oxygen atoms in total. The van der Waals surface area contributed by atoms with Gasteiger partial charge in [-0.3, -0.25) is 4.79 Å². The molecule has 0 saturated heterocycles. The predicted octanol–water partition coefficient (Wildman–Crippen LogP) is 6.60. The number of para-hydroxylation sites is 1. The molecule has 6 rings (SSSR count). The van der Waals surface area contributed by atoms with E-state index in [4.69, 9.17) is 11.6 Å². The summed E-state index contributed by atoms with van der Waals surface area (Å²) in [6.07, 6.45) is 2.10. The maximum Gasteiger partial charge on any atom is 0.228 e. The lowest BCUT2D eigenvalue weighted by Gasteiger charge is -2.50. The van der Waals surface area contributed by atoms with Gasteiger partial charge in [0.25, 0.3) is 0 Å². The molecule has 0 fully saturated rings. The molecule has 0 spiro atoms. The van der Waals surface area contributed by atoms with Crippen LogP contribution in [0.5, 0.6) is 0 Å². The molecule has 0 aromatic heterocycles. The van der Waals surface area contributed by atoms with Gasteiger partial charge in [0.2, 0.25) is 5.91 Å². The second-order valence-electron chi connectivity index (χ2n) is 8.16. The van der Waals surface area contributed by atoms with Crippen molar-refractivity contribution in [1.82, 2.24) is 0 Å². The van der Waals surface area contributed by atoms with Crippen LogP contribution in [0.15, 0.2) is 72.8 Å². The van der Waals surface area contributed by atoms with Gasteiger partial charge in [-0.1, -0.05) is 85.6 Å². The largest absolute Gasteiger partial charge is 0.324 e. The topological polar surface area (TPSA) is 29.1 Å². The van der Waals surface area contributed by atoms with Crippen molar-refractivity contribution in [2.24, 2.45) is 11.8 Å². The molecule has 1 N–H and O–H groups in total. The van der Waals surface area contributed by atoms with Crippen molar-refractivity contribution in [1.29, 1.82) is 0 Å². The summed E-state index contributed by atoms with van der Waals surface area (Å²) in [6, 6.07) is 24.9. The molecule has 2 atom stereocenters. The molecule has 1 amide bonds. The molecule has 3 aliphatic rings. The van der Waals surface area contributed by atoms with E-state index in [1.54, 1.807) is 0 Å². The Morgan fingerprint density at radius 2 is 1.34 bits per heavy atom. The Hall–Kier alpha value is -2.58. The number of carbonyl (C=O) groups excluding carboxylic acids is 1. The number of anilines is 1. The monoisotopic (exact) mass is 401 g/mol. The van der Waals surface area contributed by atoms with Crippen molar-refractivity contribution in [3.63, 3.8) is 0 Å². The highest BCUT2D eigenvalue weighted by Gasteiger charge is 2.51. The van der Waals surface area contributed by atoms with Gasteiger partial charge in [-0.15, -0.1) is 0 Å². The molecular formula is C26H24ClNO. The zero-order chi connectivity index (χ0) is 20.0. The average Bonchev–Trinajstić information content (AvgIpc) is 2.75. The van der Waals surface area contributed by atoms with Gasteiger partial charge in [0.1, 0.15) is 0 Å². The number of benzene rings is 3. The number of hydrogen-bond donors (Lipinski definition) is 1. The van der Waals surface area contributed by atoms with Crippen LogP contribution < -0.4 is 5.32 Å². The maximum absolute atomic E-state index is 13.6. The molecule has 2 bridgehead atoms. The number of amides is 1. The van der Waals surface area contributed by atoms with Gasteiger partial charge in [-0.05, 0) is 46.7 Å². The van der Waals surface area contributed by atoms with Gasteiger partial charge in [-0.2, -0.15) is 0 Å². The van der Waals surface area contributed by atoms with Crippen LogP contribution in [0.4, 0.5) is 5.69 Å². The van der Waals surface area contributed by atoms with Gasteiger partial charge < -0.3 is 5.32 Å². The minimum Gasteiger partial charge on any atom is -0.324 e. The first-order chi connectivity index (χ1) is 14.2. The molecule has 0 saturated carbocycles. The van der Waals surface area contributed by atoms with Crippen LogP contribution in [0.3, 0.4) is 0 Å². The molecule has 0 heterocycles. The molecule has 0 aliphatic heterocycles. The number of carbonyl (C=O) groups is 1. The number of fused-ring (bicyclic) bond motifs is 1. The number of rotatable bonds is 4. The first kappa shape index (κ1) is 18.4. The van der Waals surface area contributed by atoms with Crippen molar-refractivity contribution in [3.05, 3.63) is 100 Å². The van der Waals surface area contributed by atoms with Gasteiger partial charge in [-0.25, -0.2) is 0 Å². The number of hydrogen-bond acceptors (Lipinski definition) is 1. The summed E-state index contributed by atoms with van der Waals surface area (Å²) in [5.74, 6) is 0.634. The Morgan fingerprint density at radius 3 is 1.90 bits per heavy atom. The smallest absolute Gasteiger partial charge is 0.228 e. The summed E-state index contributed by atoms with van der Waals surface area (Å²) < 4.78 is 0. The molecule has 3 heteroatoms. The summed E-state index contributed by atoms with van der Waals surface area (Å²) in [6.45, 7) is 2.21. The van der Waals surface area contributed by atoms with Crippen molar-refractivity contribution >= 4 is 23.2 Å². The summed E-state index contributed by atoms with van der Waals surface area (Å²) in [4.78, 5) is 13.6. The van der Waals surface area contributed by atoms with Gasteiger partial charge in [0.05, 0.1) is 16.6 Å². The van der Waals surface area contributed by atoms with Crippen LogP contribution in [0.25, 0.3) is 0 Å². The Morgan fingerprint density at radius 1 is 0.828 bits per heavy atom. The minimum atomic E-state index is -0.0963. The second-order valence-corrected chi connectivity index (χ2v) is 8.57. The first-order valence-corrected chi connectivity index (χ1v) is 10.8. The normalized spacial score (nSPS) is 23.9. The van der Waals surface area contributed by atoms with Gasteiger partial charge in [0.15, 0.2) is 0 Å². The van der Waals surface area contributed by atoms with Crippen LogP contribution >= 0.6 is 11.6 Å². The lowest BCUT2D eigenvalue weighted by molar-refractivity contribution is -0.123. The zero-order valence-corrected chi connectivity index (χ0v) is 17.2. The highest BCUT2D eigenvalue weighted by Crippen LogP contribution is 2.59. The van der Waals surface area contributed by atoms with Crippen LogP contribution in [-0.2, 0) is 4.79 Å². The summed E-state index contributed by atoms with van der Waals surface area (Å²) in [7, 11) is 0. The minimum absolute atomic E-state index is 0.0792. The molecule has 0 unspecified atom stereocenters. The Labute approximate surface area is 176 Å². The van der Waals surface area contributed by atoms with E-state index < -0.39 is 0 Å². The fraction of sp³-hybridized carbons (Fsp3) is 0.269. The fourth-order valence-electron chi connectivity index (χ4n) is 5.60. The van der Waals surface area contributed by atoms with Crippen LogP contribution in [-0.4, -0.2) is 5.91 Å². The SMILES string of the molecule is CCC[C@H]1C2c3ccccc3C(c3ccccc32)[C@@H]1C(=O)Nc1ccccc1Cl. The van der Waals surface area contributed by atoms with E-state index >= 15 is 0 Å². The fourth-order valence-corrected chi connectivity index (χ4v) is 5.78. The van der Waals surface area contributed by atoms with E-state index in [1.807, 2.05) is 24.3 Å². The lowest BCUT2D eigenvalue weighted by Crippen LogP contribution is -2.45. The lowest BCUT2D eigenvalue weighted by atomic mass is 9.53. The maximum atomic E-state index is 13.6. The van der Waals surface area contributed by atoms with E-state index in [0.29, 0.717) is 10.7 Å². The van der Waals surface area contributed by atoms with Crippen molar-refractivity contribution in [3.8, 4) is 0 Å². The predicted molar refractivity (Wildman–Crippen MR) is 119 cm³/mol. The van der Waals surface area contributed by atoms with Crippen LogP contribution in [0, 0.1) is 11.8 Å². The third-order valence-electron chi connectivity index (χ3n) is 6.64. The molecular weight excluding hydrogens is 378 g/mol. The highest BCUT2D eigenvalue weighted by molar-refractivity contribution is 6.33.